The van der Waals surface area contributed by atoms with Crippen molar-refractivity contribution in [2.45, 2.75) is 26.3 Å². The van der Waals surface area contributed by atoms with Gasteiger partial charge in [0.15, 0.2) is 0 Å². The number of rotatable bonds is 8. The van der Waals surface area contributed by atoms with Gasteiger partial charge < -0.3 is 5.32 Å². The van der Waals surface area contributed by atoms with E-state index in [0.29, 0.717) is 12.0 Å². The lowest BCUT2D eigenvalue weighted by molar-refractivity contribution is -0.384. The maximum absolute atomic E-state index is 12.6. The molecule has 1 amide bonds. The molecule has 8 nitrogen and oxygen atoms in total. The fraction of sp³-hybridized carbons (Fsp3) is 0.316. The molecule has 0 saturated heterocycles. The summed E-state index contributed by atoms with van der Waals surface area (Å²) in [4.78, 5) is 23.0. The first-order valence-electron chi connectivity index (χ1n) is 8.70. The molecule has 0 bridgehead atoms. The van der Waals surface area contributed by atoms with Crippen LogP contribution < -0.4 is 9.62 Å². The van der Waals surface area contributed by atoms with Crippen molar-refractivity contribution in [3.8, 4) is 0 Å². The van der Waals surface area contributed by atoms with Crippen molar-refractivity contribution in [2.75, 3.05) is 17.1 Å². The number of nitro groups is 1. The number of hydrogen-bond donors (Lipinski definition) is 1. The minimum atomic E-state index is -3.84. The van der Waals surface area contributed by atoms with E-state index in [1.165, 1.54) is 12.1 Å². The normalized spacial score (nSPS) is 12.2. The molecular weight excluding hydrogens is 382 g/mol. The van der Waals surface area contributed by atoms with E-state index in [-0.39, 0.29) is 17.4 Å². The first-order chi connectivity index (χ1) is 13.1. The first kappa shape index (κ1) is 21.4. The molecule has 0 heterocycles. The first-order valence-corrected chi connectivity index (χ1v) is 10.6. The number of sulfonamides is 1. The van der Waals surface area contributed by atoms with Crippen molar-refractivity contribution in [2.24, 2.45) is 0 Å². The molecule has 28 heavy (non-hydrogen) atoms. The summed E-state index contributed by atoms with van der Waals surface area (Å²) in [6, 6.07) is 13.0. The highest BCUT2D eigenvalue weighted by atomic mass is 32.2. The van der Waals surface area contributed by atoms with Crippen molar-refractivity contribution in [3.05, 3.63) is 69.8 Å². The molecule has 0 aliphatic rings. The van der Waals surface area contributed by atoms with Crippen LogP contribution in [-0.2, 0) is 14.8 Å². The van der Waals surface area contributed by atoms with E-state index in [4.69, 9.17) is 0 Å². The van der Waals surface area contributed by atoms with Gasteiger partial charge in [-0.1, -0.05) is 43.3 Å². The van der Waals surface area contributed by atoms with E-state index >= 15 is 0 Å². The molecule has 2 rings (SSSR count). The molecule has 150 valence electrons. The second kappa shape index (κ2) is 8.83. The molecule has 0 aromatic heterocycles. The number of benzene rings is 2. The highest BCUT2D eigenvalue weighted by molar-refractivity contribution is 7.92. The van der Waals surface area contributed by atoms with Crippen molar-refractivity contribution in [1.29, 1.82) is 0 Å². The topological polar surface area (TPSA) is 110 Å². The third-order valence-electron chi connectivity index (χ3n) is 4.31. The second-order valence-corrected chi connectivity index (χ2v) is 8.34. The average molecular weight is 405 g/mol. The summed E-state index contributed by atoms with van der Waals surface area (Å²) in [7, 11) is -3.84. The fourth-order valence-corrected chi connectivity index (χ4v) is 3.74. The summed E-state index contributed by atoms with van der Waals surface area (Å²) in [6.07, 6.45) is 1.59. The number of aryl methyl sites for hydroxylation is 1. The van der Waals surface area contributed by atoms with Crippen molar-refractivity contribution in [3.63, 3.8) is 0 Å². The van der Waals surface area contributed by atoms with E-state index < -0.39 is 27.4 Å². The Kier molecular flexibility index (Phi) is 6.74. The number of nitrogens with zero attached hydrogens (tertiary/aromatic N) is 2. The van der Waals surface area contributed by atoms with Crippen LogP contribution in [0.15, 0.2) is 48.5 Å². The zero-order valence-corrected chi connectivity index (χ0v) is 16.8. The van der Waals surface area contributed by atoms with Gasteiger partial charge in [-0.25, -0.2) is 8.42 Å². The van der Waals surface area contributed by atoms with Gasteiger partial charge in [0.25, 0.3) is 5.69 Å². The predicted molar refractivity (Wildman–Crippen MR) is 108 cm³/mol. The fourth-order valence-electron chi connectivity index (χ4n) is 2.84. The molecule has 0 unspecified atom stereocenters. The lowest BCUT2D eigenvalue weighted by atomic mass is 10.0. The molecule has 9 heteroatoms. The van der Waals surface area contributed by atoms with E-state index in [0.717, 1.165) is 22.2 Å². The number of nitrogens with one attached hydrogen (secondary N) is 1. The summed E-state index contributed by atoms with van der Waals surface area (Å²) in [5, 5.41) is 13.9. The Labute approximate surface area is 164 Å². The van der Waals surface area contributed by atoms with Crippen LogP contribution in [0.4, 0.5) is 11.4 Å². The molecule has 0 aliphatic heterocycles. The van der Waals surface area contributed by atoms with Crippen LogP contribution >= 0.6 is 0 Å². The number of amides is 1. The quantitative estimate of drug-likeness (QED) is 0.536. The molecule has 0 spiro atoms. The zero-order chi connectivity index (χ0) is 20.9. The Bertz CT molecular complexity index is 961. The van der Waals surface area contributed by atoms with E-state index in [1.807, 2.05) is 37.3 Å². The largest absolute Gasteiger partial charge is 0.348 e. The highest BCUT2D eigenvalue weighted by Gasteiger charge is 2.25. The monoisotopic (exact) mass is 405 g/mol. The number of non-ortho nitro benzene ring substituents is 1. The van der Waals surface area contributed by atoms with E-state index in [9.17, 15) is 23.3 Å². The van der Waals surface area contributed by atoms with Crippen LogP contribution in [0.5, 0.6) is 0 Å². The van der Waals surface area contributed by atoms with Gasteiger partial charge in [0.05, 0.1) is 22.9 Å². The molecule has 0 fully saturated rings. The summed E-state index contributed by atoms with van der Waals surface area (Å²) >= 11 is 0. The Balaban J connectivity index is 2.29. The van der Waals surface area contributed by atoms with Crippen LogP contribution in [0.3, 0.4) is 0 Å². The predicted octanol–water partition coefficient (Wildman–Crippen LogP) is 2.94. The van der Waals surface area contributed by atoms with Gasteiger partial charge in [-0.3, -0.25) is 19.2 Å². The molecule has 1 N–H and O–H groups in total. The third kappa shape index (κ3) is 5.29. The maximum Gasteiger partial charge on any atom is 0.271 e. The molecule has 0 saturated carbocycles. The minimum absolute atomic E-state index is 0.111. The minimum Gasteiger partial charge on any atom is -0.348 e. The molecule has 0 aliphatic carbocycles. The molecular formula is C19H23N3O5S. The zero-order valence-electron chi connectivity index (χ0n) is 16.0. The van der Waals surface area contributed by atoms with Crippen LogP contribution in [0.25, 0.3) is 0 Å². The van der Waals surface area contributed by atoms with Gasteiger partial charge in [0.2, 0.25) is 15.9 Å². The Hall–Kier alpha value is -2.94. The number of nitro benzene ring substituents is 1. The summed E-state index contributed by atoms with van der Waals surface area (Å²) in [6.45, 7) is 3.08. The summed E-state index contributed by atoms with van der Waals surface area (Å²) < 4.78 is 25.5. The van der Waals surface area contributed by atoms with Crippen LogP contribution in [0, 0.1) is 17.0 Å². The lowest BCUT2D eigenvalue weighted by Gasteiger charge is -2.25. The lowest BCUT2D eigenvalue weighted by Crippen LogP contribution is -2.41. The van der Waals surface area contributed by atoms with Gasteiger partial charge in [-0.2, -0.15) is 0 Å². The molecule has 2 aromatic rings. The Morgan fingerprint density at radius 1 is 1.21 bits per heavy atom. The average Bonchev–Trinajstić information content (AvgIpc) is 2.64. The SMILES string of the molecule is CC[C@H](NC(=O)CN(c1cc([N+](=O)[O-])ccc1C)S(C)(=O)=O)c1ccccc1. The van der Waals surface area contributed by atoms with Crippen molar-refractivity contribution >= 4 is 27.3 Å². The Morgan fingerprint density at radius 2 is 1.86 bits per heavy atom. The second-order valence-electron chi connectivity index (χ2n) is 6.44. The van der Waals surface area contributed by atoms with Gasteiger partial charge in [0, 0.05) is 12.1 Å². The van der Waals surface area contributed by atoms with Crippen molar-refractivity contribution in [1.82, 2.24) is 5.32 Å². The number of carbonyl (C=O) groups excluding carboxylic acids is 1. The van der Waals surface area contributed by atoms with Crippen LogP contribution in [-0.4, -0.2) is 32.0 Å². The van der Waals surface area contributed by atoms with Crippen LogP contribution in [0.2, 0.25) is 0 Å². The van der Waals surface area contributed by atoms with Gasteiger partial charge in [0.1, 0.15) is 6.54 Å². The standard InChI is InChI=1S/C19H23N3O5S/c1-4-17(15-8-6-5-7-9-15)20-19(23)13-21(28(3,26)27)18-12-16(22(24)25)11-10-14(18)2/h5-12,17H,4,13H2,1-3H3,(H,20,23)/t17-/m0/s1. The smallest absolute Gasteiger partial charge is 0.271 e. The van der Waals surface area contributed by atoms with Gasteiger partial charge >= 0.3 is 0 Å². The highest BCUT2D eigenvalue weighted by Crippen LogP contribution is 2.27. The maximum atomic E-state index is 12.6. The summed E-state index contributed by atoms with van der Waals surface area (Å²) in [5.74, 6) is -0.493. The third-order valence-corrected chi connectivity index (χ3v) is 5.43. The van der Waals surface area contributed by atoms with Gasteiger partial charge in [-0.15, -0.1) is 0 Å². The molecule has 2 aromatic carbocycles. The van der Waals surface area contributed by atoms with Crippen molar-refractivity contribution < 1.29 is 18.1 Å². The summed E-state index contributed by atoms with van der Waals surface area (Å²) in [5.41, 5.74) is 1.29. The van der Waals surface area contributed by atoms with E-state index in [1.54, 1.807) is 6.92 Å². The van der Waals surface area contributed by atoms with Gasteiger partial charge in [-0.05, 0) is 24.5 Å². The number of anilines is 1. The molecule has 0 radical (unpaired) electrons. The van der Waals surface area contributed by atoms with E-state index in [2.05, 4.69) is 5.32 Å². The van der Waals surface area contributed by atoms with Crippen LogP contribution in [0.1, 0.15) is 30.5 Å². The number of carbonyl (C=O) groups is 1. The molecule has 1 atom stereocenters. The Morgan fingerprint density at radius 3 is 2.39 bits per heavy atom. The number of hydrogen-bond acceptors (Lipinski definition) is 5.